The zero-order chi connectivity index (χ0) is 21.5. The molecule has 3 N–H and O–H groups in total. The van der Waals surface area contributed by atoms with Crippen LogP contribution in [0.5, 0.6) is 0 Å². The molecule has 0 saturated heterocycles. The maximum atomic E-state index is 13.5. The van der Waals surface area contributed by atoms with Crippen LogP contribution in [0.1, 0.15) is 22.6 Å². The van der Waals surface area contributed by atoms with Gasteiger partial charge in [0, 0.05) is 16.8 Å². The molecule has 154 valence electrons. The lowest BCUT2D eigenvalue weighted by molar-refractivity contribution is 0.102. The van der Waals surface area contributed by atoms with Crippen molar-refractivity contribution in [1.82, 2.24) is 19.9 Å². The number of H-pyrrole nitrogens is 2. The summed E-state index contributed by atoms with van der Waals surface area (Å²) >= 11 is 0. The van der Waals surface area contributed by atoms with E-state index in [4.69, 9.17) is 0 Å². The maximum absolute atomic E-state index is 13.5. The third-order valence-electron chi connectivity index (χ3n) is 4.81. The second-order valence-corrected chi connectivity index (χ2v) is 6.94. The van der Waals surface area contributed by atoms with Crippen LogP contribution in [0.25, 0.3) is 33.5 Å². The number of aromatic amines is 2. The van der Waals surface area contributed by atoms with Crippen molar-refractivity contribution in [3.63, 3.8) is 0 Å². The average molecular weight is 421 g/mol. The van der Waals surface area contributed by atoms with Gasteiger partial charge in [-0.3, -0.25) is 4.79 Å². The van der Waals surface area contributed by atoms with E-state index in [1.165, 1.54) is 30.3 Å². The van der Waals surface area contributed by atoms with Crippen LogP contribution >= 0.6 is 0 Å². The zero-order valence-electron chi connectivity index (χ0n) is 15.8. The Hall–Kier alpha value is -4.14. The molecule has 0 unspecified atom stereocenters. The minimum atomic E-state index is -2.72. The van der Waals surface area contributed by atoms with Crippen molar-refractivity contribution in [2.45, 2.75) is 6.43 Å². The van der Waals surface area contributed by atoms with Crippen LogP contribution in [0, 0.1) is 5.82 Å². The first kappa shape index (κ1) is 18.9. The summed E-state index contributed by atoms with van der Waals surface area (Å²) in [6.45, 7) is 0. The van der Waals surface area contributed by atoms with Crippen LogP contribution in [0.4, 0.5) is 18.9 Å². The first-order valence-electron chi connectivity index (χ1n) is 9.31. The Morgan fingerprint density at radius 3 is 2.48 bits per heavy atom. The predicted octanol–water partition coefficient (Wildman–Crippen LogP) is 5.44. The second-order valence-electron chi connectivity index (χ2n) is 6.94. The Bertz CT molecular complexity index is 1440. The number of nitrogens with one attached hydrogen (secondary N) is 3. The first-order chi connectivity index (χ1) is 15.0. The number of halogens is 3. The summed E-state index contributed by atoms with van der Waals surface area (Å²) < 4.78 is 39.1. The summed E-state index contributed by atoms with van der Waals surface area (Å²) in [4.78, 5) is 26.5. The second kappa shape index (κ2) is 7.28. The molecule has 3 aromatic carbocycles. The van der Waals surface area contributed by atoms with Crippen molar-refractivity contribution in [3.05, 3.63) is 77.9 Å². The van der Waals surface area contributed by atoms with Gasteiger partial charge < -0.3 is 15.3 Å². The molecule has 0 radical (unpaired) electrons. The highest BCUT2D eigenvalue weighted by atomic mass is 19.3. The first-order valence-corrected chi connectivity index (χ1v) is 9.31. The van der Waals surface area contributed by atoms with Gasteiger partial charge in [-0.25, -0.2) is 23.1 Å². The zero-order valence-corrected chi connectivity index (χ0v) is 15.8. The van der Waals surface area contributed by atoms with E-state index in [1.807, 2.05) is 0 Å². The van der Waals surface area contributed by atoms with E-state index in [1.54, 1.807) is 30.3 Å². The number of imidazole rings is 2. The van der Waals surface area contributed by atoms with Crippen molar-refractivity contribution in [2.75, 3.05) is 5.32 Å². The van der Waals surface area contributed by atoms with Gasteiger partial charge in [0.2, 0.25) is 0 Å². The lowest BCUT2D eigenvalue weighted by Crippen LogP contribution is -2.11. The predicted molar refractivity (Wildman–Crippen MR) is 110 cm³/mol. The molecule has 9 heteroatoms. The number of carbonyl (C=O) groups is 1. The number of hydrogen-bond acceptors (Lipinski definition) is 3. The number of amides is 1. The SMILES string of the molecule is O=C(Nc1ccc2nc(-c3cccc(F)c3)[nH]c2c1)c1ccc2nc(C(F)F)[nH]c2c1. The van der Waals surface area contributed by atoms with Gasteiger partial charge in [0.05, 0.1) is 22.1 Å². The average Bonchev–Trinajstić information content (AvgIpc) is 3.37. The molecule has 0 bridgehead atoms. The van der Waals surface area contributed by atoms with Gasteiger partial charge in [0.15, 0.2) is 5.82 Å². The summed E-state index contributed by atoms with van der Waals surface area (Å²) in [5.74, 6) is -0.691. The van der Waals surface area contributed by atoms with Crippen LogP contribution in [0.3, 0.4) is 0 Å². The fraction of sp³-hybridized carbons (Fsp3) is 0.0455. The molecule has 2 heterocycles. The van der Waals surface area contributed by atoms with Crippen LogP contribution in [-0.4, -0.2) is 25.8 Å². The molecule has 0 saturated carbocycles. The molecular formula is C22H14F3N5O. The Morgan fingerprint density at radius 1 is 0.903 bits per heavy atom. The van der Waals surface area contributed by atoms with E-state index in [9.17, 15) is 18.0 Å². The van der Waals surface area contributed by atoms with E-state index >= 15 is 0 Å². The smallest absolute Gasteiger partial charge is 0.295 e. The number of aromatic nitrogens is 4. The molecule has 0 spiro atoms. The molecule has 0 aliphatic carbocycles. The maximum Gasteiger partial charge on any atom is 0.295 e. The van der Waals surface area contributed by atoms with Gasteiger partial charge in [-0.05, 0) is 48.5 Å². The van der Waals surface area contributed by atoms with Crippen molar-refractivity contribution < 1.29 is 18.0 Å². The summed E-state index contributed by atoms with van der Waals surface area (Å²) in [7, 11) is 0. The number of rotatable bonds is 4. The molecule has 5 aromatic rings. The van der Waals surface area contributed by atoms with Crippen molar-refractivity contribution in [2.24, 2.45) is 0 Å². The monoisotopic (exact) mass is 421 g/mol. The molecular weight excluding hydrogens is 407 g/mol. The van der Waals surface area contributed by atoms with Crippen LogP contribution in [0.2, 0.25) is 0 Å². The number of nitrogens with zero attached hydrogens (tertiary/aromatic N) is 2. The summed E-state index contributed by atoms with van der Waals surface area (Å²) in [5, 5.41) is 2.77. The molecule has 1 amide bonds. The quantitative estimate of drug-likeness (QED) is 0.361. The van der Waals surface area contributed by atoms with Gasteiger partial charge in [-0.1, -0.05) is 12.1 Å². The highest BCUT2D eigenvalue weighted by molar-refractivity contribution is 6.06. The Morgan fingerprint density at radius 2 is 1.68 bits per heavy atom. The van der Waals surface area contributed by atoms with Crippen LogP contribution in [0.15, 0.2) is 60.7 Å². The fourth-order valence-electron chi connectivity index (χ4n) is 3.34. The van der Waals surface area contributed by atoms with Gasteiger partial charge in [-0.2, -0.15) is 0 Å². The van der Waals surface area contributed by atoms with Gasteiger partial charge in [-0.15, -0.1) is 0 Å². The van der Waals surface area contributed by atoms with Crippen molar-refractivity contribution in [1.29, 1.82) is 0 Å². The van der Waals surface area contributed by atoms with Crippen molar-refractivity contribution in [3.8, 4) is 11.4 Å². The van der Waals surface area contributed by atoms with Crippen molar-refractivity contribution >= 4 is 33.7 Å². The lowest BCUT2D eigenvalue weighted by Gasteiger charge is -2.05. The molecule has 6 nitrogen and oxygen atoms in total. The highest BCUT2D eigenvalue weighted by Gasteiger charge is 2.15. The Balaban J connectivity index is 1.40. The van der Waals surface area contributed by atoms with E-state index in [2.05, 4.69) is 25.3 Å². The largest absolute Gasteiger partial charge is 0.338 e. The van der Waals surface area contributed by atoms with Gasteiger partial charge >= 0.3 is 0 Å². The minimum absolute atomic E-state index is 0.294. The standard InChI is InChI=1S/C22H14F3N5O/c23-13-3-1-2-11(8-13)20-27-16-7-5-14(10-18(16)29-20)26-22(31)12-4-6-15-17(9-12)30-21(28-15)19(24)25/h1-10,19H,(H,26,31)(H,27,29)(H,28,30). The van der Waals surface area contributed by atoms with E-state index in [0.29, 0.717) is 44.7 Å². The van der Waals surface area contributed by atoms with Crippen LogP contribution in [-0.2, 0) is 0 Å². The van der Waals surface area contributed by atoms with Gasteiger partial charge in [0.1, 0.15) is 11.6 Å². The van der Waals surface area contributed by atoms with E-state index in [0.717, 1.165) is 0 Å². The van der Waals surface area contributed by atoms with E-state index < -0.39 is 18.2 Å². The summed E-state index contributed by atoms with van der Waals surface area (Å²) in [6, 6.07) is 15.7. The number of anilines is 1. The molecule has 5 rings (SSSR count). The molecule has 0 aliphatic heterocycles. The number of benzene rings is 3. The minimum Gasteiger partial charge on any atom is -0.338 e. The van der Waals surface area contributed by atoms with Gasteiger partial charge in [0.25, 0.3) is 12.3 Å². The number of hydrogen-bond donors (Lipinski definition) is 3. The number of fused-ring (bicyclic) bond motifs is 2. The topological polar surface area (TPSA) is 86.5 Å². The number of carbonyl (C=O) groups excluding carboxylic acids is 1. The Kier molecular flexibility index (Phi) is 4.43. The number of alkyl halides is 2. The van der Waals surface area contributed by atoms with E-state index in [-0.39, 0.29) is 5.82 Å². The summed E-state index contributed by atoms with van der Waals surface area (Å²) in [5.41, 5.74) is 3.46. The summed E-state index contributed by atoms with van der Waals surface area (Å²) in [6.07, 6.45) is -2.72. The highest BCUT2D eigenvalue weighted by Crippen LogP contribution is 2.24. The van der Waals surface area contributed by atoms with Crippen LogP contribution < -0.4 is 5.32 Å². The molecule has 2 aromatic heterocycles. The third-order valence-corrected chi connectivity index (χ3v) is 4.81. The molecule has 0 aliphatic rings. The molecule has 31 heavy (non-hydrogen) atoms. The third kappa shape index (κ3) is 3.61. The fourth-order valence-corrected chi connectivity index (χ4v) is 3.34. The lowest BCUT2D eigenvalue weighted by atomic mass is 10.2. The molecule has 0 atom stereocenters. The normalized spacial score (nSPS) is 11.5. The molecule has 0 fully saturated rings. The Labute approximate surface area is 173 Å².